The van der Waals surface area contributed by atoms with Crippen LogP contribution in [0.3, 0.4) is 0 Å². The third kappa shape index (κ3) is 2.56. The lowest BCUT2D eigenvalue weighted by atomic mass is 10.1. The quantitative estimate of drug-likeness (QED) is 0.542. The van der Waals surface area contributed by atoms with E-state index in [0.717, 1.165) is 0 Å². The van der Waals surface area contributed by atoms with Crippen LogP contribution in [0.2, 0.25) is 0 Å². The van der Waals surface area contributed by atoms with Crippen LogP contribution in [-0.2, 0) is 0 Å². The average molecular weight is 199 g/mol. The number of Topliss-reactive ketones (excluding diaryl/α,β-unsaturated/α-hetero) is 1. The first-order chi connectivity index (χ1) is 6.11. The fourth-order valence-corrected chi connectivity index (χ4v) is 1.02. The molecule has 3 nitrogen and oxygen atoms in total. The Hall–Kier alpha value is -1.35. The number of benzene rings is 1. The van der Waals surface area contributed by atoms with Crippen molar-refractivity contribution in [1.29, 1.82) is 0 Å². The molecule has 0 bridgehead atoms. The van der Waals surface area contributed by atoms with Crippen molar-refractivity contribution in [2.75, 3.05) is 0 Å². The normalized spacial score (nSPS) is 9.38. The smallest absolute Gasteiger partial charge is 0.409 e. The first kappa shape index (κ1) is 9.74. The van der Waals surface area contributed by atoms with Crippen LogP contribution < -0.4 is 4.74 Å². The molecule has 68 valence electrons. The fourth-order valence-electron chi connectivity index (χ4n) is 0.933. The molecule has 0 amide bonds. The van der Waals surface area contributed by atoms with Crippen LogP contribution in [0.4, 0.5) is 4.79 Å². The van der Waals surface area contributed by atoms with Crippen molar-refractivity contribution in [1.82, 2.24) is 0 Å². The lowest BCUT2D eigenvalue weighted by Gasteiger charge is -2.03. The molecule has 0 aromatic heterocycles. The summed E-state index contributed by atoms with van der Waals surface area (Å²) in [4.78, 5) is 21.4. The number of ether oxygens (including phenoxy) is 1. The van der Waals surface area contributed by atoms with Crippen LogP contribution in [0.1, 0.15) is 17.3 Å². The van der Waals surface area contributed by atoms with E-state index in [4.69, 9.17) is 11.6 Å². The van der Waals surface area contributed by atoms with Crippen LogP contribution >= 0.6 is 11.6 Å². The van der Waals surface area contributed by atoms with Crippen molar-refractivity contribution in [2.24, 2.45) is 0 Å². The number of carbonyl (C=O) groups is 2. The Bertz CT molecular complexity index is 346. The van der Waals surface area contributed by atoms with Crippen molar-refractivity contribution < 1.29 is 14.3 Å². The van der Waals surface area contributed by atoms with Gasteiger partial charge in [-0.15, -0.1) is 0 Å². The molecule has 4 heteroatoms. The van der Waals surface area contributed by atoms with Crippen molar-refractivity contribution >= 4 is 22.8 Å². The third-order valence-corrected chi connectivity index (χ3v) is 1.53. The van der Waals surface area contributed by atoms with E-state index in [1.54, 1.807) is 18.2 Å². The molecule has 13 heavy (non-hydrogen) atoms. The number of carbonyl (C=O) groups excluding carboxylic acids is 2. The van der Waals surface area contributed by atoms with Crippen molar-refractivity contribution in [2.45, 2.75) is 6.92 Å². The number of hydrogen-bond donors (Lipinski definition) is 0. The number of halogens is 1. The molecule has 0 N–H and O–H groups in total. The van der Waals surface area contributed by atoms with E-state index in [9.17, 15) is 9.59 Å². The molecule has 0 unspecified atom stereocenters. The lowest BCUT2D eigenvalue weighted by molar-refractivity contribution is 0.101. The molecule has 0 heterocycles. The van der Waals surface area contributed by atoms with Crippen LogP contribution in [-0.4, -0.2) is 11.2 Å². The third-order valence-electron chi connectivity index (χ3n) is 1.46. The molecule has 0 spiro atoms. The Morgan fingerprint density at radius 2 is 1.92 bits per heavy atom. The van der Waals surface area contributed by atoms with Gasteiger partial charge in [0.15, 0.2) is 5.78 Å². The molecule has 0 aliphatic rings. The first-order valence-corrected chi connectivity index (χ1v) is 3.96. The van der Waals surface area contributed by atoms with E-state index in [-0.39, 0.29) is 11.5 Å². The van der Waals surface area contributed by atoms with Gasteiger partial charge in [0.25, 0.3) is 0 Å². The maximum absolute atomic E-state index is 11.0. The summed E-state index contributed by atoms with van der Waals surface area (Å²) < 4.78 is 4.61. The average Bonchev–Trinajstić information content (AvgIpc) is 2.03. The molecule has 0 saturated carbocycles. The lowest BCUT2D eigenvalue weighted by Crippen LogP contribution is -2.02. The second-order valence-corrected chi connectivity index (χ2v) is 2.70. The van der Waals surface area contributed by atoms with E-state index in [1.807, 2.05) is 0 Å². The van der Waals surface area contributed by atoms with E-state index >= 15 is 0 Å². The molecule has 1 aromatic rings. The topological polar surface area (TPSA) is 43.4 Å². The van der Waals surface area contributed by atoms with E-state index < -0.39 is 5.43 Å². The van der Waals surface area contributed by atoms with E-state index in [0.29, 0.717) is 5.56 Å². The summed E-state index contributed by atoms with van der Waals surface area (Å²) in [6.45, 7) is 1.39. The summed E-state index contributed by atoms with van der Waals surface area (Å²) in [5.41, 5.74) is -0.606. The van der Waals surface area contributed by atoms with Gasteiger partial charge in [0, 0.05) is 11.6 Å². The fraction of sp³-hybridized carbons (Fsp3) is 0.111. The molecule has 0 aliphatic carbocycles. The van der Waals surface area contributed by atoms with Crippen LogP contribution in [0.25, 0.3) is 0 Å². The standard InChI is InChI=1S/C9H7ClO3/c1-6(11)7-4-2-3-5-8(7)13-9(10)12/h2-5H,1H3. The zero-order valence-corrected chi connectivity index (χ0v) is 7.67. The zero-order chi connectivity index (χ0) is 9.84. The zero-order valence-electron chi connectivity index (χ0n) is 6.91. The summed E-state index contributed by atoms with van der Waals surface area (Å²) >= 11 is 5.02. The second-order valence-electron chi connectivity index (χ2n) is 2.39. The molecule has 0 aliphatic heterocycles. The van der Waals surface area contributed by atoms with Crippen molar-refractivity contribution in [3.63, 3.8) is 0 Å². The van der Waals surface area contributed by atoms with Gasteiger partial charge in [-0.3, -0.25) is 4.79 Å². The van der Waals surface area contributed by atoms with Gasteiger partial charge in [-0.2, -0.15) is 0 Å². The van der Waals surface area contributed by atoms with E-state index in [2.05, 4.69) is 4.74 Å². The monoisotopic (exact) mass is 198 g/mol. The summed E-state index contributed by atoms with van der Waals surface area (Å²) in [6.07, 6.45) is 0. The molecule has 0 fully saturated rings. The number of para-hydroxylation sites is 1. The molecule has 0 radical (unpaired) electrons. The molecule has 0 atom stereocenters. The predicted octanol–water partition coefficient (Wildman–Crippen LogP) is 2.63. The molecular formula is C9H7ClO3. The first-order valence-electron chi connectivity index (χ1n) is 3.58. The Morgan fingerprint density at radius 1 is 1.31 bits per heavy atom. The minimum Gasteiger partial charge on any atom is -0.414 e. The summed E-state index contributed by atoms with van der Waals surface area (Å²) in [5.74, 6) is 0.0171. The largest absolute Gasteiger partial charge is 0.414 e. The number of hydrogen-bond acceptors (Lipinski definition) is 3. The number of rotatable bonds is 2. The van der Waals surface area contributed by atoms with Gasteiger partial charge in [-0.1, -0.05) is 12.1 Å². The van der Waals surface area contributed by atoms with Gasteiger partial charge in [-0.05, 0) is 19.1 Å². The second kappa shape index (κ2) is 4.05. The van der Waals surface area contributed by atoms with Crippen LogP contribution in [0.15, 0.2) is 24.3 Å². The highest BCUT2D eigenvalue weighted by atomic mass is 35.5. The highest BCUT2D eigenvalue weighted by Gasteiger charge is 2.09. The van der Waals surface area contributed by atoms with Gasteiger partial charge < -0.3 is 4.74 Å². The maximum atomic E-state index is 11.0. The molecular weight excluding hydrogens is 192 g/mol. The highest BCUT2D eigenvalue weighted by Crippen LogP contribution is 2.18. The van der Waals surface area contributed by atoms with Gasteiger partial charge >= 0.3 is 5.43 Å². The predicted molar refractivity (Wildman–Crippen MR) is 48.3 cm³/mol. The van der Waals surface area contributed by atoms with Gasteiger partial charge in [-0.25, -0.2) is 4.79 Å². The molecule has 0 saturated heterocycles. The molecule has 1 aromatic carbocycles. The molecule has 1 rings (SSSR count). The summed E-state index contributed by atoms with van der Waals surface area (Å²) in [7, 11) is 0. The Labute approximate surface area is 80.3 Å². The minimum absolute atomic E-state index is 0.173. The van der Waals surface area contributed by atoms with E-state index in [1.165, 1.54) is 13.0 Å². The Morgan fingerprint density at radius 3 is 2.46 bits per heavy atom. The van der Waals surface area contributed by atoms with Crippen LogP contribution in [0, 0.1) is 0 Å². The van der Waals surface area contributed by atoms with Crippen LogP contribution in [0.5, 0.6) is 5.75 Å². The summed E-state index contributed by atoms with van der Waals surface area (Å²) in [6, 6.07) is 6.42. The van der Waals surface area contributed by atoms with Gasteiger partial charge in [0.05, 0.1) is 5.56 Å². The van der Waals surface area contributed by atoms with Crippen molar-refractivity contribution in [3.8, 4) is 5.75 Å². The number of ketones is 1. The van der Waals surface area contributed by atoms with Gasteiger partial charge in [0.1, 0.15) is 5.75 Å². The minimum atomic E-state index is -0.950. The Balaban J connectivity index is 3.04. The summed E-state index contributed by atoms with van der Waals surface area (Å²) in [5, 5.41) is 0. The SMILES string of the molecule is CC(=O)c1ccccc1OC(=O)Cl. The van der Waals surface area contributed by atoms with Gasteiger partial charge in [0.2, 0.25) is 0 Å². The Kier molecular flexibility index (Phi) is 3.03. The van der Waals surface area contributed by atoms with Crippen molar-refractivity contribution in [3.05, 3.63) is 29.8 Å². The highest BCUT2D eigenvalue weighted by molar-refractivity contribution is 6.61. The maximum Gasteiger partial charge on any atom is 0.409 e.